The Morgan fingerprint density at radius 1 is 1.50 bits per heavy atom. The van der Waals surface area contributed by atoms with E-state index in [1.54, 1.807) is 13.8 Å². The van der Waals surface area contributed by atoms with Crippen LogP contribution in [0.1, 0.15) is 13.8 Å². The quantitative estimate of drug-likeness (QED) is 0.401. The molecule has 1 unspecified atom stereocenters. The molecule has 0 aromatic rings. The van der Waals surface area contributed by atoms with Crippen molar-refractivity contribution in [3.8, 4) is 0 Å². The van der Waals surface area contributed by atoms with E-state index < -0.39 is 0 Å². The van der Waals surface area contributed by atoms with Crippen molar-refractivity contribution >= 4 is 0 Å². The minimum atomic E-state index is -0.167. The fraction of sp³-hybridized carbons (Fsp3) is 1.00. The first-order chi connectivity index (χ1) is 1.73. The fourth-order valence-electron chi connectivity index (χ4n) is 0. The van der Waals surface area contributed by atoms with Gasteiger partial charge in [0.05, 0.1) is 0 Å². The molecular weight excluding hydrogens is 53.0 g/mol. The van der Waals surface area contributed by atoms with Crippen LogP contribution in [0.5, 0.6) is 0 Å². The molecule has 0 saturated carbocycles. The summed E-state index contributed by atoms with van der Waals surface area (Å²) in [4.78, 5) is 0. The van der Waals surface area contributed by atoms with Gasteiger partial charge in [-0.05, 0) is 13.8 Å². The highest BCUT2D eigenvalue weighted by molar-refractivity contribution is 4.20. The molecule has 0 fully saturated rings. The minimum absolute atomic E-state index is 0.167. The highest BCUT2D eigenvalue weighted by Crippen LogP contribution is 1.65. The van der Waals surface area contributed by atoms with Crippen molar-refractivity contribution in [3.63, 3.8) is 0 Å². The molecule has 26 valence electrons. The first-order valence-corrected chi connectivity index (χ1v) is 1.41. The maximum atomic E-state index is 8.06. The van der Waals surface area contributed by atoms with E-state index in [1.807, 2.05) is 0 Å². The van der Waals surface area contributed by atoms with E-state index in [1.165, 1.54) is 0 Å². The number of hydrogen-bond acceptors (Lipinski definition) is 1. The molecule has 4 heavy (non-hydrogen) atoms. The molecule has 0 aliphatic heterocycles. The van der Waals surface area contributed by atoms with Gasteiger partial charge in [0.25, 0.3) is 0 Å². The second-order valence-electron chi connectivity index (χ2n) is 1.09. The Hall–Kier alpha value is -0.0400. The van der Waals surface area contributed by atoms with Crippen LogP contribution in [0.25, 0.3) is 0 Å². The summed E-state index contributed by atoms with van der Waals surface area (Å²) in [5.41, 5.74) is 0. The van der Waals surface area contributed by atoms with Gasteiger partial charge in [-0.2, -0.15) is 0 Å². The van der Waals surface area contributed by atoms with Crippen molar-refractivity contribution in [2.45, 2.75) is 20.0 Å². The van der Waals surface area contributed by atoms with Crippen LogP contribution in [-0.4, -0.2) is 11.2 Å². The summed E-state index contributed by atoms with van der Waals surface area (Å²) in [6.07, 6.45) is -0.167. The van der Waals surface area contributed by atoms with E-state index in [4.69, 9.17) is 5.11 Å². The van der Waals surface area contributed by atoms with Crippen LogP contribution in [0.3, 0.4) is 0 Å². The van der Waals surface area contributed by atoms with Crippen molar-refractivity contribution in [2.24, 2.45) is 0 Å². The van der Waals surface area contributed by atoms with Crippen molar-refractivity contribution in [3.05, 3.63) is 0 Å². The van der Waals surface area contributed by atoms with Crippen LogP contribution < -0.4 is 0 Å². The Morgan fingerprint density at radius 3 is 1.50 bits per heavy atom. The summed E-state index contributed by atoms with van der Waals surface area (Å²) in [6, 6.07) is 0. The number of hydrogen-bond donors (Lipinski definition) is 1. The second kappa shape index (κ2) is 1.30. The third-order valence-electron chi connectivity index (χ3n) is 0. The Bertz CT molecular complexity index is 8.00. The minimum Gasteiger partial charge on any atom is -0.394 e. The summed E-state index contributed by atoms with van der Waals surface area (Å²) in [5, 5.41) is 8.06. The number of aliphatic hydroxyl groups is 1. The van der Waals surface area contributed by atoms with Gasteiger partial charge < -0.3 is 5.11 Å². The molecule has 0 amide bonds. The van der Waals surface area contributed by atoms with Crippen molar-refractivity contribution in [1.82, 2.24) is 0 Å². The molecule has 0 spiro atoms. The Balaban J connectivity index is 2.32. The molecule has 0 rings (SSSR count). The molecule has 0 aliphatic carbocycles. The first-order valence-electron chi connectivity index (χ1n) is 1.41. The predicted molar refractivity (Wildman–Crippen MR) is 17.4 cm³/mol. The van der Waals surface area contributed by atoms with Gasteiger partial charge in [0.1, 0.15) is 0 Å². The van der Waals surface area contributed by atoms with E-state index >= 15 is 0 Å². The SMILES string of the molecule is CC([13CH3])O. The average molecular weight is 61.1 g/mol. The standard InChI is InChI=1S/C3H8O/c1-3(2)4/h3-4H,1-2H3/i1+1. The summed E-state index contributed by atoms with van der Waals surface area (Å²) in [6.45, 7) is 3.44. The zero-order valence-electron chi connectivity index (χ0n) is 3.02. The Morgan fingerprint density at radius 2 is 1.50 bits per heavy atom. The number of aliphatic hydroxyl groups excluding tert-OH is 1. The van der Waals surface area contributed by atoms with Crippen LogP contribution in [0.2, 0.25) is 0 Å². The van der Waals surface area contributed by atoms with Gasteiger partial charge in [0.15, 0.2) is 0 Å². The third-order valence-corrected chi connectivity index (χ3v) is 0. The lowest BCUT2D eigenvalue weighted by Crippen LogP contribution is -1.85. The van der Waals surface area contributed by atoms with Crippen LogP contribution in [-0.2, 0) is 0 Å². The molecule has 1 atom stereocenters. The zero-order chi connectivity index (χ0) is 3.58. The fourth-order valence-corrected chi connectivity index (χ4v) is 0. The van der Waals surface area contributed by atoms with Gasteiger partial charge in [-0.15, -0.1) is 0 Å². The van der Waals surface area contributed by atoms with Gasteiger partial charge in [-0.25, -0.2) is 0 Å². The average Bonchev–Trinajstić information content (AvgIpc) is 0.811. The first kappa shape index (κ1) is 3.96. The van der Waals surface area contributed by atoms with E-state index in [2.05, 4.69) is 0 Å². The molecule has 0 radical (unpaired) electrons. The van der Waals surface area contributed by atoms with E-state index in [0.29, 0.717) is 0 Å². The van der Waals surface area contributed by atoms with Crippen LogP contribution in [0, 0.1) is 0 Å². The van der Waals surface area contributed by atoms with E-state index in [9.17, 15) is 0 Å². The molecule has 0 heterocycles. The lowest BCUT2D eigenvalue weighted by Gasteiger charge is -1.80. The highest BCUT2D eigenvalue weighted by Gasteiger charge is 1.69. The topological polar surface area (TPSA) is 20.2 Å². The molecule has 1 N–H and O–H groups in total. The van der Waals surface area contributed by atoms with Crippen molar-refractivity contribution in [2.75, 3.05) is 0 Å². The Kier molecular flexibility index (Phi) is 1.28. The van der Waals surface area contributed by atoms with Gasteiger partial charge in [0, 0.05) is 6.10 Å². The molecule has 1 nitrogen and oxygen atoms in total. The molecule has 0 aromatic carbocycles. The van der Waals surface area contributed by atoms with E-state index in [0.717, 1.165) is 0 Å². The van der Waals surface area contributed by atoms with Gasteiger partial charge in [0.2, 0.25) is 0 Å². The van der Waals surface area contributed by atoms with Gasteiger partial charge in [-0.1, -0.05) is 0 Å². The second-order valence-corrected chi connectivity index (χ2v) is 1.09. The summed E-state index contributed by atoms with van der Waals surface area (Å²) < 4.78 is 0. The molecule has 0 saturated heterocycles. The maximum Gasteiger partial charge on any atom is 0.0483 e. The maximum absolute atomic E-state index is 8.06. The van der Waals surface area contributed by atoms with Crippen LogP contribution in [0.15, 0.2) is 0 Å². The lowest BCUT2D eigenvalue weighted by molar-refractivity contribution is 0.216. The normalized spacial score (nSPS) is 15.8. The summed E-state index contributed by atoms with van der Waals surface area (Å²) in [7, 11) is 0. The predicted octanol–water partition coefficient (Wildman–Crippen LogP) is 0.387. The molecular formula is C3H8O. The van der Waals surface area contributed by atoms with Crippen molar-refractivity contribution < 1.29 is 5.11 Å². The van der Waals surface area contributed by atoms with Gasteiger partial charge >= 0.3 is 0 Å². The van der Waals surface area contributed by atoms with Crippen LogP contribution in [0.4, 0.5) is 0 Å². The number of rotatable bonds is 0. The molecule has 1 heteroatoms. The lowest BCUT2D eigenvalue weighted by atomic mass is 10.7. The summed E-state index contributed by atoms with van der Waals surface area (Å²) in [5.74, 6) is 0. The Labute approximate surface area is 26.3 Å². The zero-order valence-corrected chi connectivity index (χ0v) is 3.02. The van der Waals surface area contributed by atoms with E-state index in [-0.39, 0.29) is 6.10 Å². The highest BCUT2D eigenvalue weighted by atomic mass is 16.3. The third kappa shape index (κ3) is 1130. The van der Waals surface area contributed by atoms with Crippen LogP contribution >= 0.6 is 0 Å². The van der Waals surface area contributed by atoms with Gasteiger partial charge in [-0.3, -0.25) is 0 Å². The largest absolute Gasteiger partial charge is 0.394 e. The molecule has 0 bridgehead atoms. The summed E-state index contributed by atoms with van der Waals surface area (Å²) >= 11 is 0. The van der Waals surface area contributed by atoms with Crippen molar-refractivity contribution in [1.29, 1.82) is 0 Å². The molecule has 0 aliphatic rings. The smallest absolute Gasteiger partial charge is 0.0483 e. The molecule has 0 aromatic heterocycles. The monoisotopic (exact) mass is 61.1 g/mol.